The number of hydrogen-bond donors (Lipinski definition) is 2. The van der Waals surface area contributed by atoms with Crippen molar-refractivity contribution < 1.29 is 9.59 Å². The molecule has 3 rings (SSSR count). The molecule has 3 aromatic rings. The van der Waals surface area contributed by atoms with Gasteiger partial charge in [0.05, 0.1) is 0 Å². The van der Waals surface area contributed by atoms with Crippen LogP contribution in [0, 0.1) is 0 Å². The van der Waals surface area contributed by atoms with Gasteiger partial charge in [-0.2, -0.15) is 0 Å². The standard InChI is InChI=1S/C25H25BrN2O2/c26-22-15-13-21(14-16-22)25(27-23(29)17-11-19-7-3-1-4-8-19)28-24(30)18-12-20-9-5-2-6-10-20/h1-10,13-16,25H,11-12,17-18H2,(H,27,29)(H,28,30). The molecule has 0 spiro atoms. The first-order valence-electron chi connectivity index (χ1n) is 10.0. The van der Waals surface area contributed by atoms with Crippen molar-refractivity contribution in [1.29, 1.82) is 0 Å². The average molecular weight is 465 g/mol. The highest BCUT2D eigenvalue weighted by Crippen LogP contribution is 2.16. The lowest BCUT2D eigenvalue weighted by molar-refractivity contribution is -0.124. The van der Waals surface area contributed by atoms with Crippen LogP contribution in [-0.2, 0) is 22.4 Å². The maximum absolute atomic E-state index is 12.6. The van der Waals surface area contributed by atoms with Gasteiger partial charge in [0.1, 0.15) is 6.17 Å². The summed E-state index contributed by atoms with van der Waals surface area (Å²) in [4.78, 5) is 25.1. The van der Waals surface area contributed by atoms with Crippen molar-refractivity contribution in [2.45, 2.75) is 31.8 Å². The molecule has 0 heterocycles. The van der Waals surface area contributed by atoms with E-state index >= 15 is 0 Å². The third-order valence-corrected chi connectivity index (χ3v) is 5.31. The summed E-state index contributed by atoms with van der Waals surface area (Å²) in [7, 11) is 0. The topological polar surface area (TPSA) is 58.2 Å². The molecule has 0 radical (unpaired) electrons. The normalized spacial score (nSPS) is 10.6. The van der Waals surface area contributed by atoms with Gasteiger partial charge in [-0.05, 0) is 41.7 Å². The minimum absolute atomic E-state index is 0.102. The van der Waals surface area contributed by atoms with E-state index in [1.165, 1.54) is 0 Å². The fraction of sp³-hybridized carbons (Fsp3) is 0.200. The zero-order chi connectivity index (χ0) is 21.2. The van der Waals surface area contributed by atoms with E-state index in [0.717, 1.165) is 21.2 Å². The van der Waals surface area contributed by atoms with E-state index in [4.69, 9.17) is 0 Å². The Morgan fingerprint density at radius 3 is 1.53 bits per heavy atom. The number of benzene rings is 3. The lowest BCUT2D eigenvalue weighted by Gasteiger charge is -2.21. The SMILES string of the molecule is O=C(CCc1ccccc1)NC(NC(=O)CCc1ccccc1)c1ccc(Br)cc1. The van der Waals surface area contributed by atoms with Gasteiger partial charge < -0.3 is 10.6 Å². The molecule has 0 fully saturated rings. The summed E-state index contributed by atoms with van der Waals surface area (Å²) in [6.07, 6.45) is 1.46. The van der Waals surface area contributed by atoms with Crippen molar-refractivity contribution in [3.8, 4) is 0 Å². The fourth-order valence-electron chi connectivity index (χ4n) is 3.13. The van der Waals surface area contributed by atoms with Crippen LogP contribution in [0.4, 0.5) is 0 Å². The number of carbonyl (C=O) groups excluding carboxylic acids is 2. The number of carbonyl (C=O) groups is 2. The van der Waals surface area contributed by atoms with Gasteiger partial charge in [0, 0.05) is 17.3 Å². The number of halogens is 1. The summed E-state index contributed by atoms with van der Waals surface area (Å²) in [6.45, 7) is 0. The van der Waals surface area contributed by atoms with Crippen molar-refractivity contribution >= 4 is 27.7 Å². The Labute approximate surface area is 185 Å². The van der Waals surface area contributed by atoms with Gasteiger partial charge in [-0.25, -0.2) is 0 Å². The van der Waals surface area contributed by atoms with Crippen LogP contribution in [0.15, 0.2) is 89.4 Å². The molecule has 0 saturated heterocycles. The lowest BCUT2D eigenvalue weighted by atomic mass is 10.1. The van der Waals surface area contributed by atoms with E-state index in [9.17, 15) is 9.59 Å². The molecule has 0 aromatic heterocycles. The summed E-state index contributed by atoms with van der Waals surface area (Å²) in [6, 6.07) is 27.4. The third-order valence-electron chi connectivity index (χ3n) is 4.78. The van der Waals surface area contributed by atoms with Crippen molar-refractivity contribution in [2.24, 2.45) is 0 Å². The second-order valence-corrected chi connectivity index (χ2v) is 8.01. The smallest absolute Gasteiger partial charge is 0.222 e. The summed E-state index contributed by atoms with van der Waals surface area (Å²) in [5.41, 5.74) is 3.05. The van der Waals surface area contributed by atoms with Crippen LogP contribution >= 0.6 is 15.9 Å². The van der Waals surface area contributed by atoms with Crippen LogP contribution in [0.2, 0.25) is 0 Å². The molecule has 4 nitrogen and oxygen atoms in total. The highest BCUT2D eigenvalue weighted by atomic mass is 79.9. The van der Waals surface area contributed by atoms with Crippen molar-refractivity contribution in [2.75, 3.05) is 0 Å². The Balaban J connectivity index is 1.60. The summed E-state index contributed by atoms with van der Waals surface area (Å²) in [5, 5.41) is 5.93. The highest BCUT2D eigenvalue weighted by Gasteiger charge is 2.17. The molecular formula is C25H25BrN2O2. The Hall–Kier alpha value is -2.92. The molecule has 3 aromatic carbocycles. The Morgan fingerprint density at radius 2 is 1.10 bits per heavy atom. The van der Waals surface area contributed by atoms with Gasteiger partial charge in [-0.1, -0.05) is 88.7 Å². The van der Waals surface area contributed by atoms with Gasteiger partial charge in [0.2, 0.25) is 11.8 Å². The molecule has 5 heteroatoms. The van der Waals surface area contributed by atoms with Crippen molar-refractivity contribution in [3.05, 3.63) is 106 Å². The zero-order valence-electron chi connectivity index (χ0n) is 16.7. The lowest BCUT2D eigenvalue weighted by Crippen LogP contribution is -2.41. The molecule has 0 aliphatic rings. The van der Waals surface area contributed by atoms with Crippen molar-refractivity contribution in [1.82, 2.24) is 10.6 Å². The first kappa shape index (κ1) is 21.8. The Kier molecular flexibility index (Phi) is 8.21. The highest BCUT2D eigenvalue weighted by molar-refractivity contribution is 9.10. The summed E-state index contributed by atoms with van der Waals surface area (Å²) < 4.78 is 0.941. The zero-order valence-corrected chi connectivity index (χ0v) is 18.3. The van der Waals surface area contributed by atoms with E-state index in [-0.39, 0.29) is 11.8 Å². The van der Waals surface area contributed by atoms with Gasteiger partial charge in [0.15, 0.2) is 0 Å². The summed E-state index contributed by atoms with van der Waals surface area (Å²) in [5.74, 6) is -0.203. The van der Waals surface area contributed by atoms with Gasteiger partial charge in [0.25, 0.3) is 0 Å². The second kappa shape index (κ2) is 11.3. The Morgan fingerprint density at radius 1 is 0.667 bits per heavy atom. The molecule has 154 valence electrons. The monoisotopic (exact) mass is 464 g/mol. The van der Waals surface area contributed by atoms with Gasteiger partial charge >= 0.3 is 0 Å². The number of aryl methyl sites for hydroxylation is 2. The molecule has 0 bridgehead atoms. The molecule has 0 aliphatic carbocycles. The second-order valence-electron chi connectivity index (χ2n) is 7.09. The van der Waals surface area contributed by atoms with Crippen LogP contribution in [0.3, 0.4) is 0 Å². The predicted molar refractivity (Wildman–Crippen MR) is 123 cm³/mol. The van der Waals surface area contributed by atoms with Crippen molar-refractivity contribution in [3.63, 3.8) is 0 Å². The van der Waals surface area contributed by atoms with E-state index in [1.807, 2.05) is 84.9 Å². The molecule has 2 N–H and O–H groups in total. The predicted octanol–water partition coefficient (Wildman–Crippen LogP) is 4.95. The molecule has 30 heavy (non-hydrogen) atoms. The first-order valence-corrected chi connectivity index (χ1v) is 10.8. The molecule has 0 aliphatic heterocycles. The number of amides is 2. The van der Waals surface area contributed by atoms with Crippen LogP contribution in [0.1, 0.15) is 35.7 Å². The number of rotatable bonds is 9. The maximum atomic E-state index is 12.6. The number of hydrogen-bond acceptors (Lipinski definition) is 2. The van der Waals surface area contributed by atoms with Gasteiger partial charge in [-0.15, -0.1) is 0 Å². The van der Waals surface area contributed by atoms with Crippen LogP contribution in [0.5, 0.6) is 0 Å². The minimum atomic E-state index is -0.565. The molecule has 2 amide bonds. The molecule has 0 saturated carbocycles. The fourth-order valence-corrected chi connectivity index (χ4v) is 3.39. The van der Waals surface area contributed by atoms with Crippen LogP contribution in [-0.4, -0.2) is 11.8 Å². The van der Waals surface area contributed by atoms with Crippen LogP contribution < -0.4 is 10.6 Å². The molecule has 0 atom stereocenters. The largest absolute Gasteiger partial charge is 0.332 e. The van der Waals surface area contributed by atoms with Crippen LogP contribution in [0.25, 0.3) is 0 Å². The van der Waals surface area contributed by atoms with E-state index in [0.29, 0.717) is 25.7 Å². The molecular weight excluding hydrogens is 440 g/mol. The average Bonchev–Trinajstić information content (AvgIpc) is 2.78. The summed E-state index contributed by atoms with van der Waals surface area (Å²) >= 11 is 3.42. The van der Waals surface area contributed by atoms with Gasteiger partial charge in [-0.3, -0.25) is 9.59 Å². The minimum Gasteiger partial charge on any atom is -0.332 e. The Bertz CT molecular complexity index is 886. The quantitative estimate of drug-likeness (QED) is 0.440. The maximum Gasteiger partial charge on any atom is 0.222 e. The molecule has 0 unspecified atom stereocenters. The first-order chi connectivity index (χ1) is 14.6. The van der Waals surface area contributed by atoms with E-state index in [1.54, 1.807) is 0 Å². The van der Waals surface area contributed by atoms with E-state index in [2.05, 4.69) is 26.6 Å². The number of nitrogens with one attached hydrogen (secondary N) is 2. The van der Waals surface area contributed by atoms with E-state index < -0.39 is 6.17 Å². The third kappa shape index (κ3) is 7.16.